The summed E-state index contributed by atoms with van der Waals surface area (Å²) in [7, 11) is 3.92. The number of benzene rings is 1. The second kappa shape index (κ2) is 6.41. The van der Waals surface area contributed by atoms with E-state index >= 15 is 0 Å². The molecule has 0 aliphatic carbocycles. The fraction of sp³-hybridized carbons (Fsp3) is 0.467. The maximum atomic E-state index is 11.8. The van der Waals surface area contributed by atoms with Crippen LogP contribution in [0.3, 0.4) is 0 Å². The lowest BCUT2D eigenvalue weighted by Crippen LogP contribution is -2.36. The standard InChI is InChI=1S/C15H22N4O/c1-4-16-15(19(2)3)17-10-11-9-14(20)18-13-8-6-5-7-12(11)13/h5-8,11H,4,9-10H2,1-3H3,(H,16,17)(H,18,20). The van der Waals surface area contributed by atoms with Gasteiger partial charge in [-0.25, -0.2) is 0 Å². The summed E-state index contributed by atoms with van der Waals surface area (Å²) < 4.78 is 0. The van der Waals surface area contributed by atoms with Crippen LogP contribution >= 0.6 is 0 Å². The van der Waals surface area contributed by atoms with Gasteiger partial charge in [0.15, 0.2) is 5.96 Å². The van der Waals surface area contributed by atoms with Crippen molar-refractivity contribution in [1.82, 2.24) is 10.2 Å². The summed E-state index contributed by atoms with van der Waals surface area (Å²) in [5, 5.41) is 6.14. The molecule has 1 atom stereocenters. The number of nitrogens with one attached hydrogen (secondary N) is 2. The number of hydrogen-bond acceptors (Lipinski definition) is 2. The Balaban J connectivity index is 2.17. The van der Waals surface area contributed by atoms with E-state index in [0.29, 0.717) is 13.0 Å². The Kier molecular flexibility index (Phi) is 4.61. The lowest BCUT2D eigenvalue weighted by Gasteiger charge is -2.25. The number of rotatable bonds is 3. The smallest absolute Gasteiger partial charge is 0.225 e. The van der Waals surface area contributed by atoms with Crippen LogP contribution < -0.4 is 10.6 Å². The van der Waals surface area contributed by atoms with Gasteiger partial charge in [0.05, 0.1) is 6.54 Å². The number of amides is 1. The molecule has 1 aromatic carbocycles. The molecule has 0 fully saturated rings. The predicted molar refractivity (Wildman–Crippen MR) is 82.1 cm³/mol. The highest BCUT2D eigenvalue weighted by Gasteiger charge is 2.24. The van der Waals surface area contributed by atoms with Gasteiger partial charge in [-0.2, -0.15) is 0 Å². The molecule has 0 bridgehead atoms. The van der Waals surface area contributed by atoms with E-state index in [0.717, 1.165) is 18.2 Å². The zero-order valence-corrected chi connectivity index (χ0v) is 12.3. The van der Waals surface area contributed by atoms with Crippen molar-refractivity contribution in [3.05, 3.63) is 29.8 Å². The van der Waals surface area contributed by atoms with Crippen LogP contribution in [-0.4, -0.2) is 44.0 Å². The Morgan fingerprint density at radius 2 is 2.20 bits per heavy atom. The second-order valence-electron chi connectivity index (χ2n) is 5.13. The van der Waals surface area contributed by atoms with Crippen LogP contribution in [0.2, 0.25) is 0 Å². The van der Waals surface area contributed by atoms with Gasteiger partial charge in [-0.1, -0.05) is 18.2 Å². The SMILES string of the molecule is CCNC(=NCC1CC(=O)Nc2ccccc21)N(C)C. The van der Waals surface area contributed by atoms with Gasteiger partial charge < -0.3 is 15.5 Å². The van der Waals surface area contributed by atoms with Crippen LogP contribution in [0, 0.1) is 0 Å². The molecule has 1 aromatic rings. The number of carbonyl (C=O) groups excluding carboxylic acids is 1. The number of fused-ring (bicyclic) bond motifs is 1. The van der Waals surface area contributed by atoms with Crippen LogP contribution in [-0.2, 0) is 4.79 Å². The number of nitrogens with zero attached hydrogens (tertiary/aromatic N) is 2. The molecule has 1 amide bonds. The largest absolute Gasteiger partial charge is 0.357 e. The van der Waals surface area contributed by atoms with Gasteiger partial charge in [-0.05, 0) is 18.6 Å². The summed E-state index contributed by atoms with van der Waals surface area (Å²) in [6.07, 6.45) is 0.493. The summed E-state index contributed by atoms with van der Waals surface area (Å²) in [5.74, 6) is 1.07. The third-order valence-corrected chi connectivity index (χ3v) is 3.33. The number of para-hydroxylation sites is 1. The maximum Gasteiger partial charge on any atom is 0.225 e. The normalized spacial score (nSPS) is 18.2. The first kappa shape index (κ1) is 14.4. The number of guanidine groups is 1. The topological polar surface area (TPSA) is 56.7 Å². The third-order valence-electron chi connectivity index (χ3n) is 3.33. The van der Waals surface area contributed by atoms with Crippen molar-refractivity contribution in [3.8, 4) is 0 Å². The highest BCUT2D eigenvalue weighted by Crippen LogP contribution is 2.31. The van der Waals surface area contributed by atoms with Gasteiger partial charge in [0.1, 0.15) is 0 Å². The molecule has 5 nitrogen and oxygen atoms in total. The first-order valence-electron chi connectivity index (χ1n) is 6.96. The van der Waals surface area contributed by atoms with E-state index in [4.69, 9.17) is 0 Å². The molecular formula is C15H22N4O. The van der Waals surface area contributed by atoms with Gasteiger partial charge >= 0.3 is 0 Å². The van der Waals surface area contributed by atoms with E-state index in [1.165, 1.54) is 5.56 Å². The van der Waals surface area contributed by atoms with Crippen LogP contribution in [0.5, 0.6) is 0 Å². The summed E-state index contributed by atoms with van der Waals surface area (Å²) in [4.78, 5) is 18.3. The van der Waals surface area contributed by atoms with E-state index in [-0.39, 0.29) is 11.8 Å². The van der Waals surface area contributed by atoms with Gasteiger partial charge in [0.25, 0.3) is 0 Å². The molecule has 0 radical (unpaired) electrons. The minimum absolute atomic E-state index is 0.0683. The van der Waals surface area contributed by atoms with Gasteiger partial charge in [0.2, 0.25) is 5.91 Å². The number of carbonyl (C=O) groups is 1. The average Bonchev–Trinajstić information content (AvgIpc) is 2.42. The molecule has 2 N–H and O–H groups in total. The highest BCUT2D eigenvalue weighted by molar-refractivity contribution is 5.94. The molecule has 0 saturated carbocycles. The average molecular weight is 274 g/mol. The first-order chi connectivity index (χ1) is 9.61. The molecule has 1 aliphatic heterocycles. The fourth-order valence-corrected chi connectivity index (χ4v) is 2.37. The van der Waals surface area contributed by atoms with E-state index in [1.807, 2.05) is 44.1 Å². The van der Waals surface area contributed by atoms with E-state index in [2.05, 4.69) is 21.7 Å². The lowest BCUT2D eigenvalue weighted by molar-refractivity contribution is -0.116. The highest BCUT2D eigenvalue weighted by atomic mass is 16.1. The molecule has 0 saturated heterocycles. The minimum atomic E-state index is 0.0683. The molecule has 0 spiro atoms. The van der Waals surface area contributed by atoms with Crippen LogP contribution in [0.4, 0.5) is 5.69 Å². The van der Waals surface area contributed by atoms with Crippen LogP contribution in [0.15, 0.2) is 29.3 Å². The first-order valence-corrected chi connectivity index (χ1v) is 6.96. The van der Waals surface area contributed by atoms with Gasteiger partial charge in [0, 0.05) is 38.7 Å². The molecule has 0 aromatic heterocycles. The summed E-state index contributed by atoms with van der Waals surface area (Å²) in [6, 6.07) is 7.95. The zero-order chi connectivity index (χ0) is 14.5. The summed E-state index contributed by atoms with van der Waals surface area (Å²) in [6.45, 7) is 3.49. The van der Waals surface area contributed by atoms with E-state index in [9.17, 15) is 4.79 Å². The van der Waals surface area contributed by atoms with Gasteiger partial charge in [-0.3, -0.25) is 9.79 Å². The van der Waals surface area contributed by atoms with Crippen molar-refractivity contribution in [2.24, 2.45) is 4.99 Å². The number of hydrogen-bond donors (Lipinski definition) is 2. The number of aliphatic imine (C=N–C) groups is 1. The van der Waals surface area contributed by atoms with Gasteiger partial charge in [-0.15, -0.1) is 0 Å². The lowest BCUT2D eigenvalue weighted by atomic mass is 9.91. The van der Waals surface area contributed by atoms with Crippen molar-refractivity contribution < 1.29 is 4.79 Å². The monoisotopic (exact) mass is 274 g/mol. The van der Waals surface area contributed by atoms with E-state index < -0.39 is 0 Å². The Bertz CT molecular complexity index is 510. The summed E-state index contributed by atoms with van der Waals surface area (Å²) in [5.41, 5.74) is 2.09. The molecule has 5 heteroatoms. The van der Waals surface area contributed by atoms with Crippen LogP contribution in [0.25, 0.3) is 0 Å². The fourth-order valence-electron chi connectivity index (χ4n) is 2.37. The zero-order valence-electron chi connectivity index (χ0n) is 12.3. The third kappa shape index (κ3) is 3.29. The van der Waals surface area contributed by atoms with Crippen LogP contribution in [0.1, 0.15) is 24.8 Å². The Labute approximate surface area is 120 Å². The van der Waals surface area contributed by atoms with Crippen molar-refractivity contribution in [3.63, 3.8) is 0 Å². The predicted octanol–water partition coefficient (Wildman–Crippen LogP) is 1.64. The van der Waals surface area contributed by atoms with E-state index in [1.54, 1.807) is 0 Å². The number of anilines is 1. The molecular weight excluding hydrogens is 252 g/mol. The quantitative estimate of drug-likeness (QED) is 0.651. The molecule has 1 unspecified atom stereocenters. The van der Waals surface area contributed by atoms with Crippen molar-refractivity contribution >= 4 is 17.6 Å². The molecule has 20 heavy (non-hydrogen) atoms. The second-order valence-corrected chi connectivity index (χ2v) is 5.13. The Hall–Kier alpha value is -2.04. The van der Waals surface area contributed by atoms with Crippen molar-refractivity contribution in [1.29, 1.82) is 0 Å². The Morgan fingerprint density at radius 1 is 1.45 bits per heavy atom. The molecule has 108 valence electrons. The molecule has 1 heterocycles. The summed E-state index contributed by atoms with van der Waals surface area (Å²) >= 11 is 0. The maximum absolute atomic E-state index is 11.8. The molecule has 2 rings (SSSR count). The molecule has 1 aliphatic rings. The van der Waals surface area contributed by atoms with Crippen molar-refractivity contribution in [2.45, 2.75) is 19.3 Å². The van der Waals surface area contributed by atoms with Crippen molar-refractivity contribution in [2.75, 3.05) is 32.5 Å². The Morgan fingerprint density at radius 3 is 2.90 bits per heavy atom. The minimum Gasteiger partial charge on any atom is -0.357 e.